The van der Waals surface area contributed by atoms with E-state index < -0.39 is 30.6 Å². The number of alkyl halides is 4. The molecule has 0 aromatic heterocycles. The van der Waals surface area contributed by atoms with Crippen molar-refractivity contribution in [1.82, 2.24) is 0 Å². The summed E-state index contributed by atoms with van der Waals surface area (Å²) in [7, 11) is 0. The van der Waals surface area contributed by atoms with Gasteiger partial charge in [0.25, 0.3) is 0 Å². The van der Waals surface area contributed by atoms with E-state index in [4.69, 9.17) is 5.73 Å². The van der Waals surface area contributed by atoms with Crippen molar-refractivity contribution in [2.75, 3.05) is 0 Å². The van der Waals surface area contributed by atoms with E-state index in [9.17, 15) is 22.7 Å². The molecular weight excluding hydrogens is 238 g/mol. The van der Waals surface area contributed by atoms with Crippen molar-refractivity contribution < 1.29 is 22.7 Å². The lowest BCUT2D eigenvalue weighted by Crippen LogP contribution is -2.24. The topological polar surface area (TPSA) is 46.2 Å². The molecular formula is C11H13F4NO. The van der Waals surface area contributed by atoms with Crippen LogP contribution in [0.1, 0.15) is 29.7 Å². The molecule has 2 nitrogen and oxygen atoms in total. The van der Waals surface area contributed by atoms with Gasteiger partial charge in [-0.1, -0.05) is 6.07 Å². The normalized spacial score (nSPS) is 15.7. The minimum atomic E-state index is -4.57. The summed E-state index contributed by atoms with van der Waals surface area (Å²) < 4.78 is 50.0. The quantitative estimate of drug-likeness (QED) is 0.811. The molecule has 0 aliphatic heterocycles. The summed E-state index contributed by atoms with van der Waals surface area (Å²) in [6.45, 7) is 0.433. The fourth-order valence-electron chi connectivity index (χ4n) is 1.43. The summed E-state index contributed by atoms with van der Waals surface area (Å²) in [6.07, 6.45) is -5.82. The molecule has 0 aliphatic rings. The lowest BCUT2D eigenvalue weighted by molar-refractivity contribution is -0.137. The molecule has 0 saturated heterocycles. The summed E-state index contributed by atoms with van der Waals surface area (Å²) in [6, 6.07) is 1.96. The van der Waals surface area contributed by atoms with E-state index in [1.807, 2.05) is 0 Å². The molecule has 1 aromatic carbocycles. The third-order valence-corrected chi connectivity index (χ3v) is 2.34. The highest BCUT2D eigenvalue weighted by atomic mass is 19.4. The molecule has 17 heavy (non-hydrogen) atoms. The van der Waals surface area contributed by atoms with E-state index in [1.165, 1.54) is 13.0 Å². The van der Waals surface area contributed by atoms with Crippen molar-refractivity contribution in [3.8, 4) is 0 Å². The van der Waals surface area contributed by atoms with Gasteiger partial charge in [0.15, 0.2) is 0 Å². The van der Waals surface area contributed by atoms with E-state index in [1.54, 1.807) is 0 Å². The number of hydrogen-bond acceptors (Lipinski definition) is 2. The van der Waals surface area contributed by atoms with Crippen molar-refractivity contribution in [2.24, 2.45) is 5.73 Å². The van der Waals surface area contributed by atoms with Gasteiger partial charge in [-0.2, -0.15) is 13.2 Å². The Morgan fingerprint density at radius 1 is 1.29 bits per heavy atom. The van der Waals surface area contributed by atoms with Crippen LogP contribution in [0.2, 0.25) is 0 Å². The van der Waals surface area contributed by atoms with E-state index in [2.05, 4.69) is 0 Å². The van der Waals surface area contributed by atoms with Crippen LogP contribution >= 0.6 is 0 Å². The summed E-state index contributed by atoms with van der Waals surface area (Å²) in [5, 5.41) is 9.59. The van der Waals surface area contributed by atoms with Crippen molar-refractivity contribution in [3.63, 3.8) is 0 Å². The average Bonchev–Trinajstić information content (AvgIpc) is 2.26. The maximum atomic E-state index is 12.5. The van der Waals surface area contributed by atoms with Crippen LogP contribution in [0.4, 0.5) is 17.6 Å². The maximum absolute atomic E-state index is 12.5. The molecule has 0 saturated carbocycles. The first-order chi connectivity index (χ1) is 7.75. The monoisotopic (exact) mass is 251 g/mol. The number of benzene rings is 1. The Morgan fingerprint density at radius 2 is 1.88 bits per heavy atom. The Morgan fingerprint density at radius 3 is 2.29 bits per heavy atom. The molecule has 2 unspecified atom stereocenters. The minimum absolute atomic E-state index is 0.0255. The first-order valence-electron chi connectivity index (χ1n) is 4.96. The Kier molecular flexibility index (Phi) is 4.11. The highest BCUT2D eigenvalue weighted by Crippen LogP contribution is 2.32. The Labute approximate surface area is 96.1 Å². The van der Waals surface area contributed by atoms with Crippen LogP contribution in [0.5, 0.6) is 0 Å². The number of nitrogens with two attached hydrogens (primary N) is 1. The van der Waals surface area contributed by atoms with Crippen molar-refractivity contribution in [3.05, 3.63) is 34.9 Å². The van der Waals surface area contributed by atoms with E-state index in [0.717, 1.165) is 12.1 Å². The molecule has 0 heterocycles. The predicted molar refractivity (Wildman–Crippen MR) is 54.9 cm³/mol. The number of rotatable bonds is 3. The Balaban J connectivity index is 3.23. The molecule has 6 heteroatoms. The van der Waals surface area contributed by atoms with Gasteiger partial charge in [-0.15, -0.1) is 0 Å². The molecule has 0 radical (unpaired) electrons. The zero-order valence-electron chi connectivity index (χ0n) is 9.13. The summed E-state index contributed by atoms with van der Waals surface area (Å²) >= 11 is 0. The molecule has 1 rings (SSSR count). The van der Waals surface area contributed by atoms with E-state index >= 15 is 0 Å². The molecule has 0 aliphatic carbocycles. The van der Waals surface area contributed by atoms with Gasteiger partial charge >= 0.3 is 6.18 Å². The second-order valence-corrected chi connectivity index (χ2v) is 3.90. The first-order valence-corrected chi connectivity index (χ1v) is 4.96. The molecule has 0 amide bonds. The van der Waals surface area contributed by atoms with Crippen LogP contribution in [-0.4, -0.2) is 11.1 Å². The van der Waals surface area contributed by atoms with Gasteiger partial charge in [0, 0.05) is 6.04 Å². The largest absolute Gasteiger partial charge is 0.416 e. The van der Waals surface area contributed by atoms with Crippen LogP contribution in [0, 0.1) is 0 Å². The van der Waals surface area contributed by atoms with Gasteiger partial charge in [-0.3, -0.25) is 0 Å². The average molecular weight is 251 g/mol. The number of aliphatic hydroxyl groups is 1. The molecule has 96 valence electrons. The van der Waals surface area contributed by atoms with Crippen LogP contribution in [0.25, 0.3) is 0 Å². The number of aliphatic hydroxyl groups excluding tert-OH is 1. The van der Waals surface area contributed by atoms with Crippen LogP contribution < -0.4 is 5.73 Å². The summed E-state index contributed by atoms with van der Waals surface area (Å²) in [5.74, 6) is 0. The van der Waals surface area contributed by atoms with Crippen LogP contribution in [-0.2, 0) is 12.9 Å². The third kappa shape index (κ3) is 3.41. The molecule has 3 N–H and O–H groups in total. The molecule has 2 atom stereocenters. The summed E-state index contributed by atoms with van der Waals surface area (Å²) in [4.78, 5) is 0. The van der Waals surface area contributed by atoms with Gasteiger partial charge in [-0.05, 0) is 30.2 Å². The Hall–Kier alpha value is -1.14. The van der Waals surface area contributed by atoms with Gasteiger partial charge in [-0.25, -0.2) is 4.39 Å². The standard InChI is InChI=1S/C11H13F4NO/c1-6(16)10(17)8-2-7(5-12)3-9(4-8)11(13,14)15/h2-4,6,10,17H,5,16H2,1H3. The predicted octanol–water partition coefficient (Wildman–Crippen LogP) is 2.56. The lowest BCUT2D eigenvalue weighted by Gasteiger charge is -2.17. The number of hydrogen-bond donors (Lipinski definition) is 2. The smallest absolute Gasteiger partial charge is 0.387 e. The first kappa shape index (κ1) is 13.9. The minimum Gasteiger partial charge on any atom is -0.387 e. The van der Waals surface area contributed by atoms with Crippen LogP contribution in [0.3, 0.4) is 0 Å². The van der Waals surface area contributed by atoms with Gasteiger partial charge < -0.3 is 10.8 Å². The highest BCUT2D eigenvalue weighted by Gasteiger charge is 2.32. The molecule has 1 aromatic rings. The molecule has 0 spiro atoms. The number of halogens is 4. The van der Waals surface area contributed by atoms with Gasteiger partial charge in [0.2, 0.25) is 0 Å². The van der Waals surface area contributed by atoms with Crippen molar-refractivity contribution >= 4 is 0 Å². The van der Waals surface area contributed by atoms with Crippen molar-refractivity contribution in [1.29, 1.82) is 0 Å². The van der Waals surface area contributed by atoms with Crippen LogP contribution in [0.15, 0.2) is 18.2 Å². The fourth-order valence-corrected chi connectivity index (χ4v) is 1.43. The second kappa shape index (κ2) is 5.01. The van der Waals surface area contributed by atoms with E-state index in [-0.39, 0.29) is 11.1 Å². The SMILES string of the molecule is CC(N)C(O)c1cc(CF)cc(C(F)(F)F)c1. The van der Waals surface area contributed by atoms with Gasteiger partial charge in [0.05, 0.1) is 11.7 Å². The van der Waals surface area contributed by atoms with Gasteiger partial charge in [0.1, 0.15) is 6.67 Å². The maximum Gasteiger partial charge on any atom is 0.416 e. The second-order valence-electron chi connectivity index (χ2n) is 3.90. The van der Waals surface area contributed by atoms with E-state index in [0.29, 0.717) is 0 Å². The fraction of sp³-hybridized carbons (Fsp3) is 0.455. The zero-order chi connectivity index (χ0) is 13.2. The molecule has 0 fully saturated rings. The van der Waals surface area contributed by atoms with Crippen molar-refractivity contribution in [2.45, 2.75) is 31.9 Å². The summed E-state index contributed by atoms with van der Waals surface area (Å²) in [5.41, 5.74) is 4.25. The highest BCUT2D eigenvalue weighted by molar-refractivity contribution is 5.33. The molecule has 0 bridgehead atoms. The Bertz CT molecular complexity index is 390. The third-order valence-electron chi connectivity index (χ3n) is 2.34. The lowest BCUT2D eigenvalue weighted by atomic mass is 9.98. The zero-order valence-corrected chi connectivity index (χ0v) is 9.13.